The second kappa shape index (κ2) is 10.4. The van der Waals surface area contributed by atoms with E-state index in [0.29, 0.717) is 5.56 Å². The molecule has 0 atom stereocenters. The lowest BCUT2D eigenvalue weighted by atomic mass is 10.0. The molecular formula is C25H32N4O2. The minimum absolute atomic E-state index is 0.341. The molecular weight excluding hydrogens is 388 g/mol. The first-order valence-electron chi connectivity index (χ1n) is 10.5. The SMILES string of the molecule is COC(=O)c1ccc(-n2cc(CN(C)C)c(-c3ccc(CCCN(C)C)cc3)n2)cc1. The Morgan fingerprint density at radius 2 is 1.65 bits per heavy atom. The number of methoxy groups -OCH3 is 1. The third-order valence-electron chi connectivity index (χ3n) is 5.13. The second-order valence-electron chi connectivity index (χ2n) is 8.33. The van der Waals surface area contributed by atoms with E-state index in [-0.39, 0.29) is 5.97 Å². The van der Waals surface area contributed by atoms with Crippen LogP contribution in [0.2, 0.25) is 0 Å². The maximum Gasteiger partial charge on any atom is 0.337 e. The van der Waals surface area contributed by atoms with Gasteiger partial charge in [0.1, 0.15) is 0 Å². The first kappa shape index (κ1) is 22.7. The summed E-state index contributed by atoms with van der Waals surface area (Å²) in [7, 11) is 9.71. The van der Waals surface area contributed by atoms with Gasteiger partial charge in [-0.25, -0.2) is 9.48 Å². The molecule has 0 unspecified atom stereocenters. The lowest BCUT2D eigenvalue weighted by Gasteiger charge is -2.10. The third-order valence-corrected chi connectivity index (χ3v) is 5.13. The van der Waals surface area contributed by atoms with Gasteiger partial charge in [0.2, 0.25) is 0 Å². The van der Waals surface area contributed by atoms with Gasteiger partial charge in [-0.15, -0.1) is 0 Å². The lowest BCUT2D eigenvalue weighted by molar-refractivity contribution is 0.0600. The Hall–Kier alpha value is -2.96. The van der Waals surface area contributed by atoms with Crippen molar-refractivity contribution in [1.29, 1.82) is 0 Å². The zero-order valence-electron chi connectivity index (χ0n) is 19.1. The lowest BCUT2D eigenvalue weighted by Crippen LogP contribution is -2.13. The molecule has 0 aliphatic carbocycles. The fourth-order valence-electron chi connectivity index (χ4n) is 3.54. The fraction of sp³-hybridized carbons (Fsp3) is 0.360. The highest BCUT2D eigenvalue weighted by atomic mass is 16.5. The van der Waals surface area contributed by atoms with Crippen molar-refractivity contribution in [3.05, 3.63) is 71.4 Å². The average molecular weight is 421 g/mol. The fourth-order valence-corrected chi connectivity index (χ4v) is 3.54. The van der Waals surface area contributed by atoms with E-state index in [4.69, 9.17) is 9.84 Å². The zero-order valence-corrected chi connectivity index (χ0v) is 19.1. The van der Waals surface area contributed by atoms with Crippen LogP contribution in [0.15, 0.2) is 54.7 Å². The summed E-state index contributed by atoms with van der Waals surface area (Å²) in [5, 5.41) is 4.88. The van der Waals surface area contributed by atoms with Crippen molar-refractivity contribution in [2.45, 2.75) is 19.4 Å². The summed E-state index contributed by atoms with van der Waals surface area (Å²) in [6.45, 7) is 1.88. The summed E-state index contributed by atoms with van der Waals surface area (Å²) >= 11 is 0. The summed E-state index contributed by atoms with van der Waals surface area (Å²) in [6.07, 6.45) is 4.28. The molecule has 31 heavy (non-hydrogen) atoms. The third kappa shape index (κ3) is 6.03. The number of ether oxygens (including phenoxy) is 1. The average Bonchev–Trinajstić information content (AvgIpc) is 3.16. The van der Waals surface area contributed by atoms with Crippen LogP contribution in [-0.4, -0.2) is 67.4 Å². The van der Waals surface area contributed by atoms with Crippen LogP contribution in [0.3, 0.4) is 0 Å². The first-order valence-corrected chi connectivity index (χ1v) is 10.5. The van der Waals surface area contributed by atoms with Gasteiger partial charge < -0.3 is 14.5 Å². The van der Waals surface area contributed by atoms with Crippen molar-refractivity contribution < 1.29 is 9.53 Å². The van der Waals surface area contributed by atoms with Gasteiger partial charge in [-0.3, -0.25) is 0 Å². The number of carbonyl (C=O) groups excluding carboxylic acids is 1. The molecule has 1 aromatic heterocycles. The van der Waals surface area contributed by atoms with E-state index < -0.39 is 0 Å². The molecule has 0 radical (unpaired) electrons. The summed E-state index contributed by atoms with van der Waals surface area (Å²) in [5.41, 5.74) is 6.01. The molecule has 0 N–H and O–H groups in total. The normalized spacial score (nSPS) is 11.3. The Morgan fingerprint density at radius 3 is 2.23 bits per heavy atom. The van der Waals surface area contributed by atoms with Crippen LogP contribution in [-0.2, 0) is 17.7 Å². The number of esters is 1. The van der Waals surface area contributed by atoms with Crippen molar-refractivity contribution >= 4 is 5.97 Å². The van der Waals surface area contributed by atoms with Gasteiger partial charge in [0.05, 0.1) is 24.1 Å². The Morgan fingerprint density at radius 1 is 0.968 bits per heavy atom. The van der Waals surface area contributed by atoms with Crippen molar-refractivity contribution in [2.24, 2.45) is 0 Å². The first-order chi connectivity index (χ1) is 14.9. The highest BCUT2D eigenvalue weighted by Crippen LogP contribution is 2.25. The predicted molar refractivity (Wildman–Crippen MR) is 125 cm³/mol. The van der Waals surface area contributed by atoms with Crippen molar-refractivity contribution in [2.75, 3.05) is 41.8 Å². The Kier molecular flexibility index (Phi) is 7.60. The summed E-state index contributed by atoms with van der Waals surface area (Å²) < 4.78 is 6.66. The van der Waals surface area contributed by atoms with Crippen LogP contribution in [0.25, 0.3) is 16.9 Å². The standard InChI is InChI=1S/C25H32N4O2/c1-27(2)16-6-7-19-8-10-20(11-9-19)24-22(17-28(3)4)18-29(26-24)23-14-12-21(13-15-23)25(30)31-5/h8-15,18H,6-7,16-17H2,1-5H3. The molecule has 1 heterocycles. The zero-order chi connectivity index (χ0) is 22.4. The highest BCUT2D eigenvalue weighted by Gasteiger charge is 2.14. The van der Waals surface area contributed by atoms with Crippen LogP contribution in [0, 0.1) is 0 Å². The van der Waals surface area contributed by atoms with E-state index in [1.54, 1.807) is 12.1 Å². The van der Waals surface area contributed by atoms with Crippen LogP contribution in [0.4, 0.5) is 0 Å². The Bertz CT molecular complexity index is 989. The van der Waals surface area contributed by atoms with Crippen molar-refractivity contribution in [3.8, 4) is 16.9 Å². The van der Waals surface area contributed by atoms with Gasteiger partial charge in [0, 0.05) is 23.9 Å². The van der Waals surface area contributed by atoms with Crippen LogP contribution in [0.5, 0.6) is 0 Å². The minimum Gasteiger partial charge on any atom is -0.465 e. The van der Waals surface area contributed by atoms with Crippen LogP contribution in [0.1, 0.15) is 27.9 Å². The van der Waals surface area contributed by atoms with Gasteiger partial charge in [0.25, 0.3) is 0 Å². The molecule has 164 valence electrons. The molecule has 0 saturated carbocycles. The number of hydrogen-bond donors (Lipinski definition) is 0. The molecule has 3 aromatic rings. The number of benzene rings is 2. The molecule has 6 heteroatoms. The molecule has 6 nitrogen and oxygen atoms in total. The number of hydrogen-bond acceptors (Lipinski definition) is 5. The molecule has 0 spiro atoms. The molecule has 0 saturated heterocycles. The van der Waals surface area contributed by atoms with Crippen molar-refractivity contribution in [3.63, 3.8) is 0 Å². The predicted octanol–water partition coefficient (Wildman–Crippen LogP) is 3.88. The van der Waals surface area contributed by atoms with Gasteiger partial charge in [-0.2, -0.15) is 5.10 Å². The van der Waals surface area contributed by atoms with E-state index in [1.165, 1.54) is 12.7 Å². The van der Waals surface area contributed by atoms with Gasteiger partial charge in [0.15, 0.2) is 0 Å². The van der Waals surface area contributed by atoms with Gasteiger partial charge in [-0.1, -0.05) is 24.3 Å². The molecule has 3 rings (SSSR count). The summed E-state index contributed by atoms with van der Waals surface area (Å²) in [5.74, 6) is -0.341. The highest BCUT2D eigenvalue weighted by molar-refractivity contribution is 5.89. The van der Waals surface area contributed by atoms with E-state index in [9.17, 15) is 4.79 Å². The van der Waals surface area contributed by atoms with E-state index in [1.807, 2.05) is 16.8 Å². The Labute approximate surface area is 185 Å². The van der Waals surface area contributed by atoms with E-state index >= 15 is 0 Å². The maximum atomic E-state index is 11.7. The largest absolute Gasteiger partial charge is 0.465 e. The number of aromatic nitrogens is 2. The monoisotopic (exact) mass is 420 g/mol. The molecule has 0 amide bonds. The van der Waals surface area contributed by atoms with Crippen LogP contribution >= 0.6 is 0 Å². The van der Waals surface area contributed by atoms with Gasteiger partial charge in [-0.05, 0) is 77.4 Å². The van der Waals surface area contributed by atoms with Crippen molar-refractivity contribution in [1.82, 2.24) is 19.6 Å². The topological polar surface area (TPSA) is 50.6 Å². The van der Waals surface area contributed by atoms with E-state index in [2.05, 4.69) is 68.5 Å². The molecule has 0 fully saturated rings. The second-order valence-corrected chi connectivity index (χ2v) is 8.33. The molecule has 0 aliphatic rings. The molecule has 0 aliphatic heterocycles. The number of carbonyl (C=O) groups is 1. The number of aryl methyl sites for hydroxylation is 1. The molecule has 0 bridgehead atoms. The smallest absolute Gasteiger partial charge is 0.337 e. The summed E-state index contributed by atoms with van der Waals surface area (Å²) in [4.78, 5) is 16.1. The van der Waals surface area contributed by atoms with Gasteiger partial charge >= 0.3 is 5.97 Å². The number of rotatable bonds is 9. The minimum atomic E-state index is -0.341. The van der Waals surface area contributed by atoms with E-state index in [0.717, 1.165) is 48.4 Å². The molecule has 2 aromatic carbocycles. The summed E-state index contributed by atoms with van der Waals surface area (Å²) in [6, 6.07) is 16.0. The van der Waals surface area contributed by atoms with Crippen LogP contribution < -0.4 is 0 Å². The number of nitrogens with zero attached hydrogens (tertiary/aromatic N) is 4. The Balaban J connectivity index is 1.86. The quantitative estimate of drug-likeness (QED) is 0.492. The maximum absolute atomic E-state index is 11.7.